The molecule has 0 unspecified atom stereocenters. The molecule has 0 saturated heterocycles. The third-order valence-electron chi connectivity index (χ3n) is 3.39. The molecule has 1 aliphatic heterocycles. The van der Waals surface area contributed by atoms with Crippen molar-refractivity contribution < 1.29 is 9.84 Å². The Labute approximate surface area is 111 Å². The van der Waals surface area contributed by atoms with Gasteiger partial charge in [-0.15, -0.1) is 0 Å². The monoisotopic (exact) mass is 260 g/mol. The number of hydrogen-bond acceptors (Lipinski definition) is 2. The molecule has 3 rings (SSSR count). The van der Waals surface area contributed by atoms with E-state index in [1.54, 1.807) is 12.1 Å². The first-order valence-corrected chi connectivity index (χ1v) is 6.28. The van der Waals surface area contributed by atoms with Crippen molar-refractivity contribution in [2.75, 3.05) is 0 Å². The number of benzene rings is 2. The number of phenols is 1. The van der Waals surface area contributed by atoms with Crippen LogP contribution in [0.5, 0.6) is 11.5 Å². The SMILES string of the molecule is C[C@H]1c2cc(O)ccc2O[C@@H]1c1ccc(Cl)cc1. The van der Waals surface area contributed by atoms with E-state index in [0.717, 1.165) is 21.9 Å². The Balaban J connectivity index is 1.96. The van der Waals surface area contributed by atoms with E-state index in [9.17, 15) is 5.11 Å². The maximum absolute atomic E-state index is 9.53. The van der Waals surface area contributed by atoms with E-state index < -0.39 is 0 Å². The number of fused-ring (bicyclic) bond motifs is 1. The summed E-state index contributed by atoms with van der Waals surface area (Å²) >= 11 is 5.89. The second kappa shape index (κ2) is 4.21. The summed E-state index contributed by atoms with van der Waals surface area (Å²) in [4.78, 5) is 0. The van der Waals surface area contributed by atoms with Crippen molar-refractivity contribution in [3.63, 3.8) is 0 Å². The van der Waals surface area contributed by atoms with Gasteiger partial charge in [0.1, 0.15) is 17.6 Å². The van der Waals surface area contributed by atoms with Crippen molar-refractivity contribution in [2.45, 2.75) is 18.9 Å². The molecule has 0 saturated carbocycles. The Bertz CT molecular complexity index is 578. The highest BCUT2D eigenvalue weighted by Gasteiger charge is 2.32. The lowest BCUT2D eigenvalue weighted by atomic mass is 9.93. The van der Waals surface area contributed by atoms with Gasteiger partial charge in [0.2, 0.25) is 0 Å². The molecule has 0 amide bonds. The topological polar surface area (TPSA) is 29.5 Å². The summed E-state index contributed by atoms with van der Waals surface area (Å²) in [6.45, 7) is 2.10. The van der Waals surface area contributed by atoms with Crippen LogP contribution in [0.25, 0.3) is 0 Å². The Kier molecular flexibility index (Phi) is 2.67. The lowest BCUT2D eigenvalue weighted by molar-refractivity contribution is 0.216. The van der Waals surface area contributed by atoms with Crippen molar-refractivity contribution in [3.05, 3.63) is 58.6 Å². The third kappa shape index (κ3) is 1.83. The number of halogens is 1. The van der Waals surface area contributed by atoms with Crippen LogP contribution in [0.3, 0.4) is 0 Å². The quantitative estimate of drug-likeness (QED) is 0.829. The molecule has 1 N–H and O–H groups in total. The molecule has 1 heterocycles. The number of rotatable bonds is 1. The van der Waals surface area contributed by atoms with Gasteiger partial charge < -0.3 is 9.84 Å². The van der Waals surface area contributed by atoms with Gasteiger partial charge in [-0.25, -0.2) is 0 Å². The van der Waals surface area contributed by atoms with E-state index in [1.807, 2.05) is 30.3 Å². The molecule has 3 heteroatoms. The van der Waals surface area contributed by atoms with Gasteiger partial charge >= 0.3 is 0 Å². The molecule has 1 aliphatic rings. The summed E-state index contributed by atoms with van der Waals surface area (Å²) < 4.78 is 5.95. The average molecular weight is 261 g/mol. The molecule has 92 valence electrons. The Morgan fingerprint density at radius 1 is 1.11 bits per heavy atom. The van der Waals surface area contributed by atoms with Gasteiger partial charge in [0.15, 0.2) is 0 Å². The van der Waals surface area contributed by atoms with Crippen molar-refractivity contribution in [3.8, 4) is 11.5 Å². The zero-order chi connectivity index (χ0) is 12.7. The van der Waals surface area contributed by atoms with Crippen LogP contribution < -0.4 is 4.74 Å². The van der Waals surface area contributed by atoms with Crippen LogP contribution >= 0.6 is 11.6 Å². The van der Waals surface area contributed by atoms with E-state index in [0.29, 0.717) is 0 Å². The first kappa shape index (κ1) is 11.4. The molecule has 2 aromatic carbocycles. The van der Waals surface area contributed by atoms with Crippen LogP contribution in [-0.4, -0.2) is 5.11 Å². The minimum atomic E-state index is -0.0148. The van der Waals surface area contributed by atoms with Crippen LogP contribution in [0, 0.1) is 0 Å². The highest BCUT2D eigenvalue weighted by atomic mass is 35.5. The number of ether oxygens (including phenoxy) is 1. The standard InChI is InChI=1S/C15H13ClO2/c1-9-13-8-12(17)6-7-14(13)18-15(9)10-2-4-11(16)5-3-10/h2-9,15,17H,1H3/t9-,15-/m0/s1. The average Bonchev–Trinajstić information content (AvgIpc) is 2.68. The molecule has 0 radical (unpaired) electrons. The first-order chi connectivity index (χ1) is 8.65. The molecule has 0 spiro atoms. The molecule has 2 atom stereocenters. The number of aromatic hydroxyl groups is 1. The summed E-state index contributed by atoms with van der Waals surface area (Å²) in [5, 5.41) is 10.3. The summed E-state index contributed by atoms with van der Waals surface area (Å²) in [5.41, 5.74) is 2.15. The highest BCUT2D eigenvalue weighted by molar-refractivity contribution is 6.30. The number of phenolic OH excluding ortho intramolecular Hbond substituents is 1. The zero-order valence-electron chi connectivity index (χ0n) is 9.93. The van der Waals surface area contributed by atoms with Gasteiger partial charge in [-0.2, -0.15) is 0 Å². The maximum atomic E-state index is 9.53. The van der Waals surface area contributed by atoms with Crippen LogP contribution in [0.15, 0.2) is 42.5 Å². The van der Waals surface area contributed by atoms with Gasteiger partial charge in [-0.1, -0.05) is 30.7 Å². The van der Waals surface area contributed by atoms with Gasteiger partial charge in [-0.3, -0.25) is 0 Å². The maximum Gasteiger partial charge on any atom is 0.130 e. The lowest BCUT2D eigenvalue weighted by Crippen LogP contribution is -2.06. The molecule has 0 aliphatic carbocycles. The number of hydrogen-bond donors (Lipinski definition) is 1. The lowest BCUT2D eigenvalue weighted by Gasteiger charge is -2.15. The van der Waals surface area contributed by atoms with E-state index in [-0.39, 0.29) is 17.8 Å². The van der Waals surface area contributed by atoms with E-state index in [1.165, 1.54) is 0 Å². The summed E-state index contributed by atoms with van der Waals surface area (Å²) in [5.74, 6) is 1.34. The summed E-state index contributed by atoms with van der Waals surface area (Å²) in [6.07, 6.45) is -0.0148. The third-order valence-corrected chi connectivity index (χ3v) is 3.64. The largest absolute Gasteiger partial charge is 0.508 e. The zero-order valence-corrected chi connectivity index (χ0v) is 10.7. The molecule has 0 aromatic heterocycles. The highest BCUT2D eigenvalue weighted by Crippen LogP contribution is 2.46. The van der Waals surface area contributed by atoms with E-state index in [4.69, 9.17) is 16.3 Å². The van der Waals surface area contributed by atoms with Gasteiger partial charge in [0.05, 0.1) is 0 Å². The normalized spacial score (nSPS) is 21.4. The Morgan fingerprint density at radius 3 is 2.56 bits per heavy atom. The summed E-state index contributed by atoms with van der Waals surface area (Å²) in [6, 6.07) is 12.9. The van der Waals surface area contributed by atoms with Crippen LogP contribution in [0.2, 0.25) is 5.02 Å². The minimum absolute atomic E-state index is 0.0148. The Hall–Kier alpha value is -1.67. The molecule has 2 aromatic rings. The smallest absolute Gasteiger partial charge is 0.130 e. The van der Waals surface area contributed by atoms with Gasteiger partial charge in [0.25, 0.3) is 0 Å². The second-order valence-corrected chi connectivity index (χ2v) is 5.04. The van der Waals surface area contributed by atoms with Crippen molar-refractivity contribution in [2.24, 2.45) is 0 Å². The van der Waals surface area contributed by atoms with Crippen LogP contribution in [0.1, 0.15) is 30.1 Å². The fourth-order valence-electron chi connectivity index (χ4n) is 2.41. The summed E-state index contributed by atoms with van der Waals surface area (Å²) in [7, 11) is 0. The van der Waals surface area contributed by atoms with Crippen molar-refractivity contribution in [1.29, 1.82) is 0 Å². The van der Waals surface area contributed by atoms with Crippen LogP contribution in [-0.2, 0) is 0 Å². The fourth-order valence-corrected chi connectivity index (χ4v) is 2.54. The van der Waals surface area contributed by atoms with Crippen LogP contribution in [0.4, 0.5) is 0 Å². The molecular formula is C15H13ClO2. The predicted molar refractivity (Wildman–Crippen MR) is 71.3 cm³/mol. The molecule has 0 bridgehead atoms. The molecule has 18 heavy (non-hydrogen) atoms. The van der Waals surface area contributed by atoms with E-state index >= 15 is 0 Å². The minimum Gasteiger partial charge on any atom is -0.508 e. The first-order valence-electron chi connectivity index (χ1n) is 5.90. The fraction of sp³-hybridized carbons (Fsp3) is 0.200. The van der Waals surface area contributed by atoms with Gasteiger partial charge in [0, 0.05) is 16.5 Å². The Morgan fingerprint density at radius 2 is 1.83 bits per heavy atom. The molecule has 2 nitrogen and oxygen atoms in total. The predicted octanol–water partition coefficient (Wildman–Crippen LogP) is 4.28. The van der Waals surface area contributed by atoms with Crippen molar-refractivity contribution >= 4 is 11.6 Å². The van der Waals surface area contributed by atoms with Crippen molar-refractivity contribution in [1.82, 2.24) is 0 Å². The molecular weight excluding hydrogens is 248 g/mol. The van der Waals surface area contributed by atoms with Gasteiger partial charge in [-0.05, 0) is 35.9 Å². The second-order valence-electron chi connectivity index (χ2n) is 4.60. The van der Waals surface area contributed by atoms with E-state index in [2.05, 4.69) is 6.92 Å². The molecule has 0 fully saturated rings.